The van der Waals surface area contributed by atoms with E-state index in [1.54, 1.807) is 25.6 Å². The van der Waals surface area contributed by atoms with Crippen LogP contribution in [0, 0.1) is 6.92 Å². The Hall–Kier alpha value is -2.08. The highest BCUT2D eigenvalue weighted by molar-refractivity contribution is 7.09. The van der Waals surface area contributed by atoms with Crippen LogP contribution in [-0.4, -0.2) is 36.6 Å². The standard InChI is InChI=1S/C18H22N2O3S/c1-12-11-24-17(19-12)4-5-18(21)20-7-6-13-8-15(22-2)16(23-3)9-14(13)10-20/h8-9,11H,4-7,10H2,1-3H3. The van der Waals surface area contributed by atoms with Gasteiger partial charge in [0.2, 0.25) is 5.91 Å². The van der Waals surface area contributed by atoms with E-state index in [0.29, 0.717) is 25.1 Å². The summed E-state index contributed by atoms with van der Waals surface area (Å²) in [6, 6.07) is 4.01. The van der Waals surface area contributed by atoms with Crippen molar-refractivity contribution in [3.8, 4) is 11.5 Å². The van der Waals surface area contributed by atoms with Crippen molar-refractivity contribution in [2.75, 3.05) is 20.8 Å². The first kappa shape index (κ1) is 16.8. The summed E-state index contributed by atoms with van der Waals surface area (Å²) in [6.45, 7) is 3.36. The summed E-state index contributed by atoms with van der Waals surface area (Å²) in [7, 11) is 3.27. The third-order valence-corrected chi connectivity index (χ3v) is 5.32. The first-order valence-electron chi connectivity index (χ1n) is 8.03. The van der Waals surface area contributed by atoms with E-state index >= 15 is 0 Å². The van der Waals surface area contributed by atoms with Gasteiger partial charge in [0, 0.05) is 37.0 Å². The van der Waals surface area contributed by atoms with Gasteiger partial charge in [-0.15, -0.1) is 11.3 Å². The van der Waals surface area contributed by atoms with Gasteiger partial charge in [0.25, 0.3) is 0 Å². The highest BCUT2D eigenvalue weighted by atomic mass is 32.1. The molecule has 1 amide bonds. The molecule has 1 aliphatic rings. The number of rotatable bonds is 5. The van der Waals surface area contributed by atoms with Crippen LogP contribution in [0.15, 0.2) is 17.5 Å². The molecule has 2 aromatic rings. The SMILES string of the molecule is COc1cc2c(cc1OC)CN(C(=O)CCc1nc(C)cs1)CC2. The molecule has 0 fully saturated rings. The molecular weight excluding hydrogens is 324 g/mol. The van der Waals surface area contributed by atoms with Crippen molar-refractivity contribution in [2.24, 2.45) is 0 Å². The summed E-state index contributed by atoms with van der Waals surface area (Å²) in [6.07, 6.45) is 2.07. The zero-order chi connectivity index (χ0) is 17.1. The second-order valence-corrected chi connectivity index (χ2v) is 6.87. The van der Waals surface area contributed by atoms with Gasteiger partial charge in [-0.3, -0.25) is 4.79 Å². The van der Waals surface area contributed by atoms with E-state index in [1.165, 1.54) is 5.56 Å². The molecular formula is C18H22N2O3S. The van der Waals surface area contributed by atoms with Crippen molar-refractivity contribution in [2.45, 2.75) is 32.7 Å². The van der Waals surface area contributed by atoms with Gasteiger partial charge in [-0.2, -0.15) is 0 Å². The molecule has 128 valence electrons. The topological polar surface area (TPSA) is 51.7 Å². The average molecular weight is 346 g/mol. The van der Waals surface area contributed by atoms with Crippen LogP contribution in [0.2, 0.25) is 0 Å². The van der Waals surface area contributed by atoms with E-state index in [1.807, 2.05) is 29.3 Å². The normalized spacial score (nSPS) is 13.5. The number of thiazole rings is 1. The monoisotopic (exact) mass is 346 g/mol. The van der Waals surface area contributed by atoms with Crippen LogP contribution in [0.25, 0.3) is 0 Å². The van der Waals surface area contributed by atoms with Crippen LogP contribution in [-0.2, 0) is 24.2 Å². The van der Waals surface area contributed by atoms with Crippen LogP contribution in [0.3, 0.4) is 0 Å². The Morgan fingerprint density at radius 2 is 1.96 bits per heavy atom. The molecule has 3 rings (SSSR count). The number of nitrogens with zero attached hydrogens (tertiary/aromatic N) is 2. The Bertz CT molecular complexity index is 742. The molecule has 0 bridgehead atoms. The Morgan fingerprint density at radius 3 is 2.58 bits per heavy atom. The van der Waals surface area contributed by atoms with Gasteiger partial charge in [0.15, 0.2) is 11.5 Å². The fourth-order valence-corrected chi connectivity index (χ4v) is 3.76. The maximum absolute atomic E-state index is 12.5. The molecule has 1 aromatic heterocycles. The fourth-order valence-electron chi connectivity index (χ4n) is 2.99. The van der Waals surface area contributed by atoms with Crippen molar-refractivity contribution in [1.82, 2.24) is 9.88 Å². The molecule has 24 heavy (non-hydrogen) atoms. The van der Waals surface area contributed by atoms with E-state index in [4.69, 9.17) is 9.47 Å². The lowest BCUT2D eigenvalue weighted by Gasteiger charge is -2.29. The molecule has 2 heterocycles. The Labute approximate surface area is 146 Å². The van der Waals surface area contributed by atoms with E-state index in [9.17, 15) is 4.79 Å². The van der Waals surface area contributed by atoms with Crippen LogP contribution < -0.4 is 9.47 Å². The van der Waals surface area contributed by atoms with Crippen LogP contribution in [0.1, 0.15) is 28.2 Å². The smallest absolute Gasteiger partial charge is 0.223 e. The van der Waals surface area contributed by atoms with Crippen LogP contribution in [0.4, 0.5) is 0 Å². The van der Waals surface area contributed by atoms with E-state index in [0.717, 1.165) is 35.0 Å². The van der Waals surface area contributed by atoms with Crippen molar-refractivity contribution < 1.29 is 14.3 Å². The number of benzene rings is 1. The van der Waals surface area contributed by atoms with Gasteiger partial charge in [0.1, 0.15) is 0 Å². The second-order valence-electron chi connectivity index (χ2n) is 5.92. The number of carbonyl (C=O) groups excluding carboxylic acids is 1. The summed E-state index contributed by atoms with van der Waals surface area (Å²) in [4.78, 5) is 18.9. The highest BCUT2D eigenvalue weighted by Gasteiger charge is 2.22. The number of amides is 1. The van der Waals surface area contributed by atoms with Gasteiger partial charge < -0.3 is 14.4 Å². The molecule has 0 radical (unpaired) electrons. The molecule has 1 aliphatic heterocycles. The Kier molecular flexibility index (Phi) is 5.04. The summed E-state index contributed by atoms with van der Waals surface area (Å²) < 4.78 is 10.7. The molecule has 0 N–H and O–H groups in total. The van der Waals surface area contributed by atoms with Crippen LogP contribution >= 0.6 is 11.3 Å². The van der Waals surface area contributed by atoms with Crippen molar-refractivity contribution in [3.63, 3.8) is 0 Å². The molecule has 0 aliphatic carbocycles. The molecule has 0 atom stereocenters. The third-order valence-electron chi connectivity index (χ3n) is 4.29. The van der Waals surface area contributed by atoms with Crippen molar-refractivity contribution in [3.05, 3.63) is 39.3 Å². The summed E-state index contributed by atoms with van der Waals surface area (Å²) in [5.74, 6) is 1.64. The van der Waals surface area contributed by atoms with Gasteiger partial charge in [-0.1, -0.05) is 0 Å². The number of carbonyl (C=O) groups is 1. The molecule has 6 heteroatoms. The Morgan fingerprint density at radius 1 is 1.25 bits per heavy atom. The van der Waals surface area contributed by atoms with E-state index < -0.39 is 0 Å². The lowest BCUT2D eigenvalue weighted by atomic mass is 9.98. The van der Waals surface area contributed by atoms with Gasteiger partial charge in [-0.05, 0) is 36.6 Å². The molecule has 1 aromatic carbocycles. The lowest BCUT2D eigenvalue weighted by molar-refractivity contribution is -0.132. The van der Waals surface area contributed by atoms with Crippen molar-refractivity contribution >= 4 is 17.2 Å². The Balaban J connectivity index is 1.66. The number of fused-ring (bicyclic) bond motifs is 1. The average Bonchev–Trinajstić information content (AvgIpc) is 3.03. The number of ether oxygens (including phenoxy) is 2. The molecule has 0 saturated heterocycles. The lowest BCUT2D eigenvalue weighted by Crippen LogP contribution is -2.36. The first-order chi connectivity index (χ1) is 11.6. The minimum Gasteiger partial charge on any atom is -0.493 e. The maximum atomic E-state index is 12.5. The summed E-state index contributed by atoms with van der Waals surface area (Å²) in [5, 5.41) is 3.06. The molecule has 0 saturated carbocycles. The predicted octanol–water partition coefficient (Wildman–Crippen LogP) is 2.99. The number of aromatic nitrogens is 1. The minimum absolute atomic E-state index is 0.184. The van der Waals surface area contributed by atoms with Gasteiger partial charge in [0.05, 0.1) is 19.2 Å². The van der Waals surface area contributed by atoms with E-state index in [-0.39, 0.29) is 5.91 Å². The predicted molar refractivity (Wildman–Crippen MR) is 93.8 cm³/mol. The summed E-state index contributed by atoms with van der Waals surface area (Å²) >= 11 is 1.62. The molecule has 0 spiro atoms. The molecule has 5 nitrogen and oxygen atoms in total. The van der Waals surface area contributed by atoms with Crippen molar-refractivity contribution in [1.29, 1.82) is 0 Å². The fraction of sp³-hybridized carbons (Fsp3) is 0.444. The summed E-state index contributed by atoms with van der Waals surface area (Å²) in [5.41, 5.74) is 3.39. The molecule has 0 unspecified atom stereocenters. The number of aryl methyl sites for hydroxylation is 2. The number of hydrogen-bond acceptors (Lipinski definition) is 5. The largest absolute Gasteiger partial charge is 0.493 e. The van der Waals surface area contributed by atoms with E-state index in [2.05, 4.69) is 4.98 Å². The minimum atomic E-state index is 0.184. The second kappa shape index (κ2) is 7.21. The number of methoxy groups -OCH3 is 2. The number of hydrogen-bond donors (Lipinski definition) is 0. The first-order valence-corrected chi connectivity index (χ1v) is 8.91. The highest BCUT2D eigenvalue weighted by Crippen LogP contribution is 2.33. The van der Waals surface area contributed by atoms with Crippen LogP contribution in [0.5, 0.6) is 11.5 Å². The third kappa shape index (κ3) is 3.53. The zero-order valence-corrected chi connectivity index (χ0v) is 15.1. The maximum Gasteiger partial charge on any atom is 0.223 e. The zero-order valence-electron chi connectivity index (χ0n) is 14.3. The van der Waals surface area contributed by atoms with Gasteiger partial charge >= 0.3 is 0 Å². The quantitative estimate of drug-likeness (QED) is 0.835. The van der Waals surface area contributed by atoms with Gasteiger partial charge in [-0.25, -0.2) is 4.98 Å².